The summed E-state index contributed by atoms with van der Waals surface area (Å²) in [4.78, 5) is 0. The molecule has 0 aromatic heterocycles. The van der Waals surface area contributed by atoms with Crippen molar-refractivity contribution in [2.75, 3.05) is 7.11 Å². The molecule has 0 heterocycles. The first-order valence-corrected chi connectivity index (χ1v) is 4.57. The van der Waals surface area contributed by atoms with Crippen LogP contribution in [-0.2, 0) is 0 Å². The van der Waals surface area contributed by atoms with Crippen molar-refractivity contribution in [3.8, 4) is 11.5 Å². The van der Waals surface area contributed by atoms with Crippen LogP contribution in [0.3, 0.4) is 0 Å². The van der Waals surface area contributed by atoms with Crippen LogP contribution in [-0.4, -0.2) is 12.2 Å². The Balaban J connectivity index is 3.56. The third-order valence-electron chi connectivity index (χ3n) is 1.68. The molecule has 72 valence electrons. The van der Waals surface area contributed by atoms with Gasteiger partial charge in [0.2, 0.25) is 0 Å². The number of benzene rings is 1. The lowest BCUT2D eigenvalue weighted by Gasteiger charge is -2.11. The SMILES string of the molecule is COc1c(C)c(F)c(Cl)c(Br)c1O. The minimum atomic E-state index is -0.594. The highest BCUT2D eigenvalue weighted by Gasteiger charge is 2.19. The lowest BCUT2D eigenvalue weighted by atomic mass is 10.2. The van der Waals surface area contributed by atoms with Gasteiger partial charge in [-0.3, -0.25) is 0 Å². The summed E-state index contributed by atoms with van der Waals surface area (Å²) in [6.45, 7) is 1.48. The van der Waals surface area contributed by atoms with E-state index in [-0.39, 0.29) is 26.6 Å². The smallest absolute Gasteiger partial charge is 0.174 e. The van der Waals surface area contributed by atoms with Crippen molar-refractivity contribution in [3.05, 3.63) is 20.9 Å². The number of ether oxygens (including phenoxy) is 1. The van der Waals surface area contributed by atoms with E-state index < -0.39 is 5.82 Å². The van der Waals surface area contributed by atoms with Crippen LogP contribution in [0.1, 0.15) is 5.56 Å². The molecular weight excluding hydrogens is 262 g/mol. The van der Waals surface area contributed by atoms with Crippen LogP contribution in [0.2, 0.25) is 5.02 Å². The average molecular weight is 269 g/mol. The largest absolute Gasteiger partial charge is 0.503 e. The summed E-state index contributed by atoms with van der Waals surface area (Å²) < 4.78 is 18.2. The van der Waals surface area contributed by atoms with E-state index in [1.54, 1.807) is 0 Å². The molecule has 0 aliphatic heterocycles. The maximum atomic E-state index is 13.3. The fraction of sp³-hybridized carbons (Fsp3) is 0.250. The first-order chi connectivity index (χ1) is 6.00. The van der Waals surface area contributed by atoms with Crippen LogP contribution in [0, 0.1) is 12.7 Å². The fourth-order valence-corrected chi connectivity index (χ4v) is 1.58. The summed E-state index contributed by atoms with van der Waals surface area (Å²) in [7, 11) is 1.35. The van der Waals surface area contributed by atoms with Crippen molar-refractivity contribution >= 4 is 27.5 Å². The van der Waals surface area contributed by atoms with E-state index in [1.807, 2.05) is 0 Å². The second kappa shape index (κ2) is 3.72. The van der Waals surface area contributed by atoms with Gasteiger partial charge in [0.1, 0.15) is 5.82 Å². The summed E-state index contributed by atoms with van der Waals surface area (Å²) in [5.74, 6) is -0.691. The number of halogens is 3. The number of phenolic OH excluding ortho intramolecular Hbond substituents is 1. The van der Waals surface area contributed by atoms with Crippen molar-refractivity contribution in [2.45, 2.75) is 6.92 Å². The van der Waals surface area contributed by atoms with Gasteiger partial charge in [0, 0.05) is 5.56 Å². The van der Waals surface area contributed by atoms with E-state index in [0.29, 0.717) is 0 Å². The number of phenols is 1. The summed E-state index contributed by atoms with van der Waals surface area (Å²) in [5.41, 5.74) is 0.188. The van der Waals surface area contributed by atoms with Crippen LogP contribution in [0.4, 0.5) is 4.39 Å². The number of hydrogen-bond donors (Lipinski definition) is 1. The van der Waals surface area contributed by atoms with Crippen molar-refractivity contribution in [2.24, 2.45) is 0 Å². The molecule has 1 N–H and O–H groups in total. The third kappa shape index (κ3) is 1.60. The first kappa shape index (κ1) is 10.6. The normalized spacial score (nSPS) is 10.2. The van der Waals surface area contributed by atoms with Crippen molar-refractivity contribution < 1.29 is 14.2 Å². The molecule has 0 unspecified atom stereocenters. The lowest BCUT2D eigenvalue weighted by Crippen LogP contribution is -1.93. The number of methoxy groups -OCH3 is 1. The molecule has 2 nitrogen and oxygen atoms in total. The first-order valence-electron chi connectivity index (χ1n) is 3.40. The quantitative estimate of drug-likeness (QED) is 0.793. The van der Waals surface area contributed by atoms with Crippen LogP contribution >= 0.6 is 27.5 Å². The molecule has 1 rings (SSSR count). The molecular formula is C8H7BrClFO2. The highest BCUT2D eigenvalue weighted by atomic mass is 79.9. The van der Waals surface area contributed by atoms with E-state index in [9.17, 15) is 9.50 Å². The Morgan fingerprint density at radius 2 is 2.08 bits per heavy atom. The molecule has 13 heavy (non-hydrogen) atoms. The molecule has 0 fully saturated rings. The molecule has 0 aliphatic carbocycles. The van der Waals surface area contributed by atoms with Crippen molar-refractivity contribution in [1.82, 2.24) is 0 Å². The zero-order chi connectivity index (χ0) is 10.2. The van der Waals surface area contributed by atoms with E-state index in [2.05, 4.69) is 15.9 Å². The molecule has 0 radical (unpaired) electrons. The van der Waals surface area contributed by atoms with Gasteiger partial charge in [0.05, 0.1) is 16.6 Å². The van der Waals surface area contributed by atoms with Crippen LogP contribution in [0.25, 0.3) is 0 Å². The summed E-state index contributed by atoms with van der Waals surface area (Å²) in [6, 6.07) is 0. The van der Waals surface area contributed by atoms with Gasteiger partial charge in [-0.05, 0) is 22.9 Å². The molecule has 0 atom stereocenters. The van der Waals surface area contributed by atoms with Crippen LogP contribution in [0.5, 0.6) is 11.5 Å². The maximum Gasteiger partial charge on any atom is 0.174 e. The third-order valence-corrected chi connectivity index (χ3v) is 3.04. The van der Waals surface area contributed by atoms with Crippen molar-refractivity contribution in [3.63, 3.8) is 0 Å². The zero-order valence-corrected chi connectivity index (χ0v) is 9.33. The van der Waals surface area contributed by atoms with E-state index >= 15 is 0 Å². The van der Waals surface area contributed by atoms with Gasteiger partial charge in [-0.2, -0.15) is 0 Å². The predicted octanol–water partition coefficient (Wildman–Crippen LogP) is 3.26. The van der Waals surface area contributed by atoms with E-state index in [4.69, 9.17) is 16.3 Å². The minimum absolute atomic E-state index is 0.0915. The number of aromatic hydroxyl groups is 1. The van der Waals surface area contributed by atoms with Gasteiger partial charge in [0.15, 0.2) is 11.5 Å². The highest BCUT2D eigenvalue weighted by molar-refractivity contribution is 9.10. The Bertz CT molecular complexity index is 325. The van der Waals surface area contributed by atoms with E-state index in [0.717, 1.165) is 0 Å². The van der Waals surface area contributed by atoms with Crippen LogP contribution < -0.4 is 4.74 Å². The Hall–Kier alpha value is -0.480. The zero-order valence-electron chi connectivity index (χ0n) is 6.99. The minimum Gasteiger partial charge on any atom is -0.503 e. The van der Waals surface area contributed by atoms with Gasteiger partial charge in [-0.15, -0.1) is 0 Å². The molecule has 0 amide bonds. The van der Waals surface area contributed by atoms with E-state index in [1.165, 1.54) is 14.0 Å². The van der Waals surface area contributed by atoms with Gasteiger partial charge in [-0.1, -0.05) is 11.6 Å². The van der Waals surface area contributed by atoms with Gasteiger partial charge in [-0.25, -0.2) is 4.39 Å². The molecule has 1 aromatic carbocycles. The van der Waals surface area contributed by atoms with Gasteiger partial charge < -0.3 is 9.84 Å². The molecule has 0 bridgehead atoms. The van der Waals surface area contributed by atoms with Gasteiger partial charge in [0.25, 0.3) is 0 Å². The molecule has 0 spiro atoms. The second-order valence-corrected chi connectivity index (χ2v) is 3.62. The van der Waals surface area contributed by atoms with Gasteiger partial charge >= 0.3 is 0 Å². The van der Waals surface area contributed by atoms with Crippen molar-refractivity contribution in [1.29, 1.82) is 0 Å². The van der Waals surface area contributed by atoms with Crippen LogP contribution in [0.15, 0.2) is 4.47 Å². The fourth-order valence-electron chi connectivity index (χ4n) is 0.992. The average Bonchev–Trinajstić information content (AvgIpc) is 2.13. The molecule has 0 saturated heterocycles. The monoisotopic (exact) mass is 268 g/mol. The molecule has 0 saturated carbocycles. The highest BCUT2D eigenvalue weighted by Crippen LogP contribution is 2.43. The Labute approximate surface area is 88.4 Å². The second-order valence-electron chi connectivity index (χ2n) is 2.45. The Kier molecular flexibility index (Phi) is 3.03. The molecule has 1 aromatic rings. The standard InChI is InChI=1S/C8H7BrClFO2/c1-3-6(11)5(10)4(9)7(12)8(3)13-2/h12H,1-2H3. The lowest BCUT2D eigenvalue weighted by molar-refractivity contribution is 0.365. The number of hydrogen-bond acceptors (Lipinski definition) is 2. The maximum absolute atomic E-state index is 13.3. The molecule has 5 heteroatoms. The summed E-state index contributed by atoms with van der Waals surface area (Å²) in [5, 5.41) is 9.32. The molecule has 0 aliphatic rings. The predicted molar refractivity (Wildman–Crippen MR) is 52.1 cm³/mol. The Morgan fingerprint density at radius 1 is 1.54 bits per heavy atom. The topological polar surface area (TPSA) is 29.5 Å². The summed E-state index contributed by atoms with van der Waals surface area (Å²) >= 11 is 8.53. The Morgan fingerprint density at radius 3 is 2.54 bits per heavy atom. The summed E-state index contributed by atoms with van der Waals surface area (Å²) in [6.07, 6.45) is 0. The number of rotatable bonds is 1.